The van der Waals surface area contributed by atoms with Crippen LogP contribution in [0.5, 0.6) is 0 Å². The highest BCUT2D eigenvalue weighted by molar-refractivity contribution is 9.10. The number of hydrogen-bond acceptors (Lipinski definition) is 5. The number of benzene rings is 2. The van der Waals surface area contributed by atoms with E-state index in [1.165, 1.54) is 0 Å². The zero-order valence-electron chi connectivity index (χ0n) is 15.1. The normalized spacial score (nSPS) is 16.4. The highest BCUT2D eigenvalue weighted by Crippen LogP contribution is 2.32. The molecule has 0 spiro atoms. The number of nitrogens with zero attached hydrogens (tertiary/aromatic N) is 3. The Morgan fingerprint density at radius 2 is 1.93 bits per heavy atom. The van der Waals surface area contributed by atoms with Crippen LogP contribution in [0.15, 0.2) is 57.4 Å². The van der Waals surface area contributed by atoms with E-state index in [9.17, 15) is 9.59 Å². The average molecular weight is 441 g/mol. The first-order valence-electron chi connectivity index (χ1n) is 8.77. The minimum atomic E-state index is -0.355. The molecule has 1 aromatic heterocycles. The number of amides is 2. The fraction of sp³-hybridized carbons (Fsp3) is 0.200. The molecule has 3 aromatic rings. The van der Waals surface area contributed by atoms with Crippen molar-refractivity contribution in [2.24, 2.45) is 0 Å². The lowest BCUT2D eigenvalue weighted by atomic mass is 10.1. The van der Waals surface area contributed by atoms with Crippen LogP contribution in [0.1, 0.15) is 34.2 Å². The Morgan fingerprint density at radius 3 is 2.68 bits per heavy atom. The molecule has 4 rings (SSSR count). The molecule has 0 saturated carbocycles. The van der Waals surface area contributed by atoms with Gasteiger partial charge in [-0.1, -0.05) is 34.9 Å². The summed E-state index contributed by atoms with van der Waals surface area (Å²) >= 11 is 3.34. The minimum absolute atomic E-state index is 0.00542. The van der Waals surface area contributed by atoms with E-state index < -0.39 is 0 Å². The van der Waals surface area contributed by atoms with E-state index in [4.69, 9.17) is 4.42 Å². The Bertz CT molecular complexity index is 1030. The van der Waals surface area contributed by atoms with Crippen molar-refractivity contribution in [1.82, 2.24) is 10.2 Å². The van der Waals surface area contributed by atoms with E-state index in [2.05, 4.69) is 31.4 Å². The molecule has 0 radical (unpaired) electrons. The van der Waals surface area contributed by atoms with Crippen molar-refractivity contribution >= 4 is 39.4 Å². The highest BCUT2D eigenvalue weighted by Gasteiger charge is 2.35. The maximum atomic E-state index is 12.4. The molecule has 2 heterocycles. The van der Waals surface area contributed by atoms with Crippen LogP contribution in [-0.4, -0.2) is 28.6 Å². The lowest BCUT2D eigenvalue weighted by molar-refractivity contribution is -0.117. The first-order chi connectivity index (χ1) is 13.5. The number of aromatic nitrogens is 2. The quantitative estimate of drug-likeness (QED) is 0.663. The van der Waals surface area contributed by atoms with Gasteiger partial charge in [-0.3, -0.25) is 14.9 Å². The number of halogens is 1. The summed E-state index contributed by atoms with van der Waals surface area (Å²) < 4.78 is 6.27. The fourth-order valence-electron chi connectivity index (χ4n) is 3.11. The van der Waals surface area contributed by atoms with Crippen molar-refractivity contribution in [3.8, 4) is 0 Å². The summed E-state index contributed by atoms with van der Waals surface area (Å²) in [5.74, 6) is -0.224. The molecule has 1 N–H and O–H groups in total. The third kappa shape index (κ3) is 3.68. The predicted molar refractivity (Wildman–Crippen MR) is 107 cm³/mol. The van der Waals surface area contributed by atoms with E-state index >= 15 is 0 Å². The zero-order chi connectivity index (χ0) is 19.7. The second kappa shape index (κ2) is 7.55. The number of carbonyl (C=O) groups excluding carboxylic acids is 2. The Morgan fingerprint density at radius 1 is 1.18 bits per heavy atom. The molecule has 0 aliphatic carbocycles. The lowest BCUT2D eigenvalue weighted by Gasteiger charge is -2.16. The van der Waals surface area contributed by atoms with Crippen LogP contribution in [0.3, 0.4) is 0 Å². The zero-order valence-corrected chi connectivity index (χ0v) is 16.6. The molecule has 2 aromatic carbocycles. The number of nitrogens with one attached hydrogen (secondary N) is 1. The lowest BCUT2D eigenvalue weighted by Crippen LogP contribution is -2.24. The summed E-state index contributed by atoms with van der Waals surface area (Å²) in [6, 6.07) is 14.8. The van der Waals surface area contributed by atoms with Crippen molar-refractivity contribution < 1.29 is 14.0 Å². The third-order valence-corrected chi connectivity index (χ3v) is 5.29. The largest absolute Gasteiger partial charge is 0.407 e. The summed E-state index contributed by atoms with van der Waals surface area (Å²) in [6.07, 6.45) is 0.285. The van der Waals surface area contributed by atoms with Crippen LogP contribution < -0.4 is 10.2 Å². The van der Waals surface area contributed by atoms with Crippen LogP contribution in [0.4, 0.5) is 11.7 Å². The number of aryl methyl sites for hydroxylation is 1. The van der Waals surface area contributed by atoms with Crippen LogP contribution in [0.25, 0.3) is 0 Å². The number of carbonyl (C=O) groups is 2. The van der Waals surface area contributed by atoms with Gasteiger partial charge in [-0.25, -0.2) is 0 Å². The Balaban J connectivity index is 1.46. The standard InChI is InChI=1S/C20H17BrN4O3/c1-12-6-8-14(9-7-12)25-11-13(10-17(25)26)19-23-24-20(28-19)22-18(27)15-4-2-3-5-16(15)21/h2-9,13H,10-11H2,1H3,(H,22,24,27). The summed E-state index contributed by atoms with van der Waals surface area (Å²) in [5, 5.41) is 10.5. The van der Waals surface area contributed by atoms with Gasteiger partial charge in [-0.05, 0) is 47.1 Å². The van der Waals surface area contributed by atoms with E-state index in [0.717, 1.165) is 11.3 Å². The Labute approximate surface area is 169 Å². The van der Waals surface area contributed by atoms with Crippen molar-refractivity contribution in [3.05, 3.63) is 70.0 Å². The fourth-order valence-corrected chi connectivity index (χ4v) is 3.57. The molecule has 1 unspecified atom stereocenters. The Kier molecular flexibility index (Phi) is 4.95. The summed E-state index contributed by atoms with van der Waals surface area (Å²) in [5.41, 5.74) is 2.44. The highest BCUT2D eigenvalue weighted by atomic mass is 79.9. The van der Waals surface area contributed by atoms with Crippen molar-refractivity contribution in [3.63, 3.8) is 0 Å². The second-order valence-corrected chi connectivity index (χ2v) is 7.47. The number of hydrogen-bond donors (Lipinski definition) is 1. The van der Waals surface area contributed by atoms with Crippen LogP contribution in [-0.2, 0) is 4.79 Å². The number of anilines is 2. The van der Waals surface area contributed by atoms with Gasteiger partial charge in [0, 0.05) is 23.1 Å². The molecule has 1 aliphatic heterocycles. The molecule has 1 atom stereocenters. The minimum Gasteiger partial charge on any atom is -0.407 e. The SMILES string of the molecule is Cc1ccc(N2CC(c3nnc(NC(=O)c4ccccc4Br)o3)CC2=O)cc1. The first-order valence-corrected chi connectivity index (χ1v) is 9.57. The van der Waals surface area contributed by atoms with Gasteiger partial charge >= 0.3 is 6.01 Å². The first kappa shape index (κ1) is 18.4. The van der Waals surface area contributed by atoms with Gasteiger partial charge in [0.15, 0.2) is 0 Å². The van der Waals surface area contributed by atoms with Gasteiger partial charge in [-0.15, -0.1) is 5.10 Å². The van der Waals surface area contributed by atoms with Crippen LogP contribution in [0, 0.1) is 6.92 Å². The molecule has 1 fully saturated rings. The van der Waals surface area contributed by atoms with Gasteiger partial charge < -0.3 is 9.32 Å². The molecule has 1 aliphatic rings. The van der Waals surface area contributed by atoms with Crippen molar-refractivity contribution in [2.45, 2.75) is 19.3 Å². The van der Waals surface area contributed by atoms with Crippen LogP contribution in [0.2, 0.25) is 0 Å². The van der Waals surface area contributed by atoms with E-state index in [0.29, 0.717) is 22.5 Å². The van der Waals surface area contributed by atoms with E-state index in [-0.39, 0.29) is 30.2 Å². The second-order valence-electron chi connectivity index (χ2n) is 6.62. The molecule has 0 bridgehead atoms. The smallest absolute Gasteiger partial charge is 0.322 e. The molecule has 2 amide bonds. The topological polar surface area (TPSA) is 88.3 Å². The molecule has 1 saturated heterocycles. The molecular weight excluding hydrogens is 424 g/mol. The molecule has 28 heavy (non-hydrogen) atoms. The molecular formula is C20H17BrN4O3. The maximum absolute atomic E-state index is 12.4. The van der Waals surface area contributed by atoms with Gasteiger partial charge in [0.1, 0.15) is 0 Å². The van der Waals surface area contributed by atoms with Crippen molar-refractivity contribution in [2.75, 3.05) is 16.8 Å². The summed E-state index contributed by atoms with van der Waals surface area (Å²) in [7, 11) is 0. The number of rotatable bonds is 4. The van der Waals surface area contributed by atoms with Crippen molar-refractivity contribution in [1.29, 1.82) is 0 Å². The average Bonchev–Trinajstić information content (AvgIpc) is 3.29. The van der Waals surface area contributed by atoms with Gasteiger partial charge in [0.2, 0.25) is 11.8 Å². The monoisotopic (exact) mass is 440 g/mol. The van der Waals surface area contributed by atoms with E-state index in [1.54, 1.807) is 23.1 Å². The Hall–Kier alpha value is -3.00. The predicted octanol–water partition coefficient (Wildman–Crippen LogP) is 3.91. The maximum Gasteiger partial charge on any atom is 0.322 e. The van der Waals surface area contributed by atoms with Crippen LogP contribution >= 0.6 is 15.9 Å². The van der Waals surface area contributed by atoms with E-state index in [1.807, 2.05) is 37.3 Å². The van der Waals surface area contributed by atoms with Gasteiger partial charge in [0.05, 0.1) is 11.5 Å². The summed E-state index contributed by atoms with van der Waals surface area (Å²) in [4.78, 5) is 26.5. The van der Waals surface area contributed by atoms with Gasteiger partial charge in [-0.2, -0.15) is 0 Å². The molecule has 142 valence electrons. The summed E-state index contributed by atoms with van der Waals surface area (Å²) in [6.45, 7) is 2.46. The third-order valence-electron chi connectivity index (χ3n) is 4.60. The van der Waals surface area contributed by atoms with Gasteiger partial charge in [0.25, 0.3) is 5.91 Å². The molecule has 8 heteroatoms. The molecule has 7 nitrogen and oxygen atoms in total.